The van der Waals surface area contributed by atoms with Crippen LogP contribution in [0.5, 0.6) is 0 Å². The van der Waals surface area contributed by atoms with Crippen LogP contribution in [0.25, 0.3) is 0 Å². The van der Waals surface area contributed by atoms with Crippen LogP contribution in [0.1, 0.15) is 63.5 Å². The fourth-order valence-electron chi connectivity index (χ4n) is 4.84. The summed E-state index contributed by atoms with van der Waals surface area (Å²) in [5.41, 5.74) is 0.130. The van der Waals surface area contributed by atoms with Crippen LogP contribution in [0, 0.1) is 11.8 Å². The number of benzene rings is 1. The number of carbonyl (C=O) groups excluding carboxylic acids is 4. The summed E-state index contributed by atoms with van der Waals surface area (Å²) in [4.78, 5) is 50.9. The van der Waals surface area contributed by atoms with Gasteiger partial charge in [-0.05, 0) is 55.9 Å². The first-order valence-corrected chi connectivity index (χ1v) is 11.6. The number of esters is 1. The first kappa shape index (κ1) is 22.3. The van der Waals surface area contributed by atoms with Gasteiger partial charge >= 0.3 is 12.0 Å². The van der Waals surface area contributed by atoms with Crippen molar-refractivity contribution in [2.24, 2.45) is 11.8 Å². The third kappa shape index (κ3) is 4.79. The van der Waals surface area contributed by atoms with E-state index in [0.717, 1.165) is 42.6 Å². The van der Waals surface area contributed by atoms with Crippen molar-refractivity contribution < 1.29 is 23.9 Å². The quantitative estimate of drug-likeness (QED) is 0.477. The molecule has 0 bridgehead atoms. The lowest BCUT2D eigenvalue weighted by molar-refractivity contribution is -0.151. The summed E-state index contributed by atoms with van der Waals surface area (Å²) in [6, 6.07) is 9.04. The van der Waals surface area contributed by atoms with E-state index in [9.17, 15) is 19.2 Å². The average Bonchev–Trinajstić information content (AvgIpc) is 3.62. The van der Waals surface area contributed by atoms with Crippen LogP contribution < -0.4 is 10.6 Å². The van der Waals surface area contributed by atoms with E-state index < -0.39 is 36.6 Å². The molecular formula is C24H31N3O5. The lowest BCUT2D eigenvalue weighted by Gasteiger charge is -2.34. The fraction of sp³-hybridized carbons (Fsp3) is 0.583. The van der Waals surface area contributed by atoms with Gasteiger partial charge in [0.25, 0.3) is 11.8 Å². The topological polar surface area (TPSA) is 105 Å². The maximum atomic E-state index is 12.9. The molecule has 1 spiro atoms. The summed E-state index contributed by atoms with van der Waals surface area (Å²) in [5, 5.41) is 5.74. The van der Waals surface area contributed by atoms with Gasteiger partial charge in [0.1, 0.15) is 12.1 Å². The van der Waals surface area contributed by atoms with E-state index in [4.69, 9.17) is 4.74 Å². The molecule has 3 aliphatic rings. The standard InChI is InChI=1S/C24H31N3O5/c1-2-16-10-12-24(13-11-16)22(30)27(23(31)26-24)14-20(29)32-15-19(28)25-21(18-8-9-18)17-6-4-3-5-7-17/h3-7,16,18,21H,2,8-15H2,1H3,(H,25,28)(H,26,31). The van der Waals surface area contributed by atoms with Crippen LogP contribution >= 0.6 is 0 Å². The minimum Gasteiger partial charge on any atom is -0.454 e. The highest BCUT2D eigenvalue weighted by atomic mass is 16.5. The van der Waals surface area contributed by atoms with Crippen molar-refractivity contribution in [3.05, 3.63) is 35.9 Å². The molecule has 1 heterocycles. The summed E-state index contributed by atoms with van der Waals surface area (Å²) >= 11 is 0. The summed E-state index contributed by atoms with van der Waals surface area (Å²) in [5.74, 6) is -0.576. The molecular weight excluding hydrogens is 410 g/mol. The molecule has 1 atom stereocenters. The second kappa shape index (κ2) is 9.30. The highest BCUT2D eigenvalue weighted by Crippen LogP contribution is 2.41. The smallest absolute Gasteiger partial charge is 0.326 e. The first-order chi connectivity index (χ1) is 15.4. The zero-order chi connectivity index (χ0) is 22.7. The molecule has 8 nitrogen and oxygen atoms in total. The van der Waals surface area contributed by atoms with Gasteiger partial charge in [-0.1, -0.05) is 43.7 Å². The predicted molar refractivity (Wildman–Crippen MR) is 116 cm³/mol. The molecule has 8 heteroatoms. The van der Waals surface area contributed by atoms with Crippen molar-refractivity contribution in [3.8, 4) is 0 Å². The minimum atomic E-state index is -0.895. The van der Waals surface area contributed by atoms with Crippen LogP contribution in [-0.4, -0.2) is 47.4 Å². The Morgan fingerprint density at radius 2 is 1.84 bits per heavy atom. The van der Waals surface area contributed by atoms with Gasteiger partial charge in [-0.25, -0.2) is 4.79 Å². The van der Waals surface area contributed by atoms with E-state index in [1.54, 1.807) is 0 Å². The zero-order valence-corrected chi connectivity index (χ0v) is 18.5. The molecule has 0 aromatic heterocycles. The van der Waals surface area contributed by atoms with Gasteiger partial charge in [0.2, 0.25) is 0 Å². The molecule has 2 saturated carbocycles. The van der Waals surface area contributed by atoms with Crippen LogP contribution in [0.2, 0.25) is 0 Å². The Labute approximate surface area is 188 Å². The molecule has 1 aromatic rings. The second-order valence-electron chi connectivity index (χ2n) is 9.21. The number of hydrogen-bond acceptors (Lipinski definition) is 5. The molecule has 3 fully saturated rings. The Morgan fingerprint density at radius 1 is 1.16 bits per heavy atom. The Hall–Kier alpha value is -2.90. The molecule has 1 aromatic carbocycles. The Kier molecular flexibility index (Phi) is 6.48. The Balaban J connectivity index is 1.27. The van der Waals surface area contributed by atoms with Crippen LogP contribution in [0.4, 0.5) is 4.79 Å². The maximum absolute atomic E-state index is 12.9. The number of hydrogen-bond donors (Lipinski definition) is 2. The molecule has 172 valence electrons. The number of amides is 4. The Morgan fingerprint density at radius 3 is 2.47 bits per heavy atom. The second-order valence-corrected chi connectivity index (χ2v) is 9.21. The van der Waals surface area contributed by atoms with E-state index >= 15 is 0 Å². The molecule has 2 aliphatic carbocycles. The van der Waals surface area contributed by atoms with Gasteiger partial charge < -0.3 is 15.4 Å². The third-order valence-electron chi connectivity index (χ3n) is 7.00. The number of urea groups is 1. The zero-order valence-electron chi connectivity index (χ0n) is 18.5. The van der Waals surface area contributed by atoms with Crippen LogP contribution in [0.3, 0.4) is 0 Å². The molecule has 0 radical (unpaired) electrons. The molecule has 2 N–H and O–H groups in total. The number of carbonyl (C=O) groups is 4. The van der Waals surface area contributed by atoms with Crippen molar-refractivity contribution in [2.75, 3.05) is 13.2 Å². The van der Waals surface area contributed by atoms with Crippen LogP contribution in [0.15, 0.2) is 30.3 Å². The van der Waals surface area contributed by atoms with E-state index in [2.05, 4.69) is 17.6 Å². The normalized spacial score (nSPS) is 26.0. The number of ether oxygens (including phenoxy) is 1. The molecule has 1 saturated heterocycles. The largest absolute Gasteiger partial charge is 0.454 e. The molecule has 32 heavy (non-hydrogen) atoms. The predicted octanol–water partition coefficient (Wildman–Crippen LogP) is 2.69. The van der Waals surface area contributed by atoms with Gasteiger partial charge in [-0.15, -0.1) is 0 Å². The van der Waals surface area contributed by atoms with Crippen molar-refractivity contribution in [2.45, 2.75) is 63.5 Å². The number of imide groups is 1. The van der Waals surface area contributed by atoms with Gasteiger partial charge in [0.15, 0.2) is 6.61 Å². The molecule has 4 rings (SSSR count). The molecule has 4 amide bonds. The SMILES string of the molecule is CCC1CCC2(CC1)NC(=O)N(CC(=O)OCC(=O)NC(c1ccccc1)C1CC1)C2=O. The maximum Gasteiger partial charge on any atom is 0.326 e. The van der Waals surface area contributed by atoms with E-state index in [-0.39, 0.29) is 11.9 Å². The first-order valence-electron chi connectivity index (χ1n) is 11.6. The van der Waals surface area contributed by atoms with Crippen molar-refractivity contribution in [1.82, 2.24) is 15.5 Å². The third-order valence-corrected chi connectivity index (χ3v) is 7.00. The monoisotopic (exact) mass is 441 g/mol. The molecule has 1 aliphatic heterocycles. The molecule has 1 unspecified atom stereocenters. The van der Waals surface area contributed by atoms with Crippen molar-refractivity contribution >= 4 is 23.8 Å². The summed E-state index contributed by atoms with van der Waals surface area (Å²) < 4.78 is 5.08. The van der Waals surface area contributed by atoms with E-state index in [0.29, 0.717) is 24.7 Å². The highest BCUT2D eigenvalue weighted by molar-refractivity contribution is 6.08. The lowest BCUT2D eigenvalue weighted by atomic mass is 9.75. The van der Waals surface area contributed by atoms with Gasteiger partial charge in [0, 0.05) is 0 Å². The summed E-state index contributed by atoms with van der Waals surface area (Å²) in [7, 11) is 0. The van der Waals surface area contributed by atoms with Crippen molar-refractivity contribution in [1.29, 1.82) is 0 Å². The van der Waals surface area contributed by atoms with Gasteiger partial charge in [0.05, 0.1) is 6.04 Å². The minimum absolute atomic E-state index is 0.105. The number of rotatable bonds is 8. The van der Waals surface area contributed by atoms with Gasteiger partial charge in [-0.3, -0.25) is 19.3 Å². The average molecular weight is 442 g/mol. The Bertz CT molecular complexity index is 875. The summed E-state index contributed by atoms with van der Waals surface area (Å²) in [6.07, 6.45) is 6.09. The van der Waals surface area contributed by atoms with Gasteiger partial charge in [-0.2, -0.15) is 0 Å². The van der Waals surface area contributed by atoms with E-state index in [1.165, 1.54) is 0 Å². The lowest BCUT2D eigenvalue weighted by Crippen LogP contribution is -2.49. The van der Waals surface area contributed by atoms with E-state index in [1.807, 2.05) is 30.3 Å². The summed E-state index contributed by atoms with van der Waals surface area (Å²) in [6.45, 7) is 1.20. The fourth-order valence-corrected chi connectivity index (χ4v) is 4.84. The van der Waals surface area contributed by atoms with Crippen LogP contribution in [-0.2, 0) is 19.1 Å². The highest BCUT2D eigenvalue weighted by Gasteiger charge is 2.52. The van der Waals surface area contributed by atoms with Crippen molar-refractivity contribution in [3.63, 3.8) is 0 Å². The number of nitrogens with one attached hydrogen (secondary N) is 2. The number of nitrogens with zero attached hydrogens (tertiary/aromatic N) is 1.